The first-order chi connectivity index (χ1) is 11.4. The lowest BCUT2D eigenvalue weighted by Crippen LogP contribution is -2.32. The number of carbonyl (C=O) groups is 1. The van der Waals surface area contributed by atoms with Crippen LogP contribution in [-0.4, -0.2) is 24.0 Å². The molecule has 7 nitrogen and oxygen atoms in total. The van der Waals surface area contributed by atoms with Crippen LogP contribution in [0.3, 0.4) is 0 Å². The van der Waals surface area contributed by atoms with Crippen molar-refractivity contribution in [1.29, 1.82) is 0 Å². The summed E-state index contributed by atoms with van der Waals surface area (Å²) in [5.74, 6) is -1.38. The van der Waals surface area contributed by atoms with Crippen LogP contribution in [0.15, 0.2) is 46.9 Å². The molecule has 0 radical (unpaired) electrons. The Bertz CT molecular complexity index is 737. The molecule has 2 rings (SSSR count). The minimum atomic E-state index is -0.785. The molecule has 0 saturated carbocycles. The smallest absolute Gasteiger partial charge is 0.337 e. The molecule has 0 amide bonds. The third kappa shape index (κ3) is 3.30. The summed E-state index contributed by atoms with van der Waals surface area (Å²) in [4.78, 5) is 23.7. The zero-order valence-corrected chi connectivity index (χ0v) is 14.0. The molecule has 0 aliphatic carbocycles. The Labute approximate surface area is 140 Å². The molecule has 128 valence electrons. The van der Waals surface area contributed by atoms with Gasteiger partial charge in [0.2, 0.25) is 0 Å². The molecule has 1 aliphatic rings. The maximum absolute atomic E-state index is 12.5. The van der Waals surface area contributed by atoms with Crippen LogP contribution in [0.5, 0.6) is 0 Å². The van der Waals surface area contributed by atoms with E-state index in [1.807, 2.05) is 19.1 Å². The maximum Gasteiger partial charge on any atom is 0.337 e. The van der Waals surface area contributed by atoms with Crippen molar-refractivity contribution >= 4 is 5.97 Å². The summed E-state index contributed by atoms with van der Waals surface area (Å²) in [5.41, 5.74) is 8.13. The van der Waals surface area contributed by atoms with Crippen molar-refractivity contribution in [1.82, 2.24) is 5.32 Å². The molecular weight excluding hydrogens is 310 g/mol. The number of rotatable bonds is 5. The lowest BCUT2D eigenvalue weighted by atomic mass is 9.82. The minimum Gasteiger partial charge on any atom is -0.461 e. The van der Waals surface area contributed by atoms with E-state index in [0.717, 1.165) is 5.56 Å². The third-order valence-electron chi connectivity index (χ3n) is 3.99. The van der Waals surface area contributed by atoms with Crippen molar-refractivity contribution in [3.05, 3.63) is 68.2 Å². The van der Waals surface area contributed by atoms with Gasteiger partial charge in [-0.3, -0.25) is 10.1 Å². The number of hydrogen-bond donors (Lipinski definition) is 2. The molecule has 0 aromatic heterocycles. The second kappa shape index (κ2) is 7.27. The number of nitrogens with two attached hydrogens (primary N) is 1. The number of benzene rings is 1. The molecule has 1 heterocycles. The molecule has 3 N–H and O–H groups in total. The Morgan fingerprint density at radius 1 is 1.29 bits per heavy atom. The van der Waals surface area contributed by atoms with Crippen LogP contribution in [0.4, 0.5) is 0 Å². The van der Waals surface area contributed by atoms with Gasteiger partial charge in [0.25, 0.3) is 5.70 Å². The van der Waals surface area contributed by atoms with Crippen LogP contribution in [0, 0.1) is 17.0 Å². The van der Waals surface area contributed by atoms with Crippen LogP contribution in [0.1, 0.15) is 30.9 Å². The zero-order valence-electron chi connectivity index (χ0n) is 14.0. The van der Waals surface area contributed by atoms with E-state index in [-0.39, 0.29) is 24.4 Å². The highest BCUT2D eigenvalue weighted by atomic mass is 16.6. The number of dihydropyridines is 1. The number of nitrogens with zero attached hydrogens (tertiary/aromatic N) is 1. The number of nitrogens with one attached hydrogen (secondary N) is 1. The molecular formula is C17H21N3O4. The number of hydrogen-bond acceptors (Lipinski definition) is 6. The van der Waals surface area contributed by atoms with Gasteiger partial charge < -0.3 is 15.8 Å². The van der Waals surface area contributed by atoms with Crippen molar-refractivity contribution in [3.8, 4) is 0 Å². The van der Waals surface area contributed by atoms with Crippen LogP contribution < -0.4 is 11.1 Å². The molecule has 0 saturated heterocycles. The number of ether oxygens (including phenoxy) is 1. The Kier molecular flexibility index (Phi) is 5.35. The van der Waals surface area contributed by atoms with Gasteiger partial charge in [0.1, 0.15) is 12.5 Å². The number of allylic oxidation sites excluding steroid dienone is 3. The highest BCUT2D eigenvalue weighted by molar-refractivity contribution is 5.92. The predicted molar refractivity (Wildman–Crippen MR) is 89.5 cm³/mol. The largest absolute Gasteiger partial charge is 0.461 e. The lowest BCUT2D eigenvalue weighted by Gasteiger charge is -2.27. The van der Waals surface area contributed by atoms with Crippen LogP contribution >= 0.6 is 0 Å². The number of esters is 1. The van der Waals surface area contributed by atoms with Gasteiger partial charge in [-0.25, -0.2) is 4.79 Å². The molecule has 0 fully saturated rings. The first-order valence-electron chi connectivity index (χ1n) is 7.64. The van der Waals surface area contributed by atoms with E-state index < -0.39 is 16.8 Å². The molecule has 1 aromatic rings. The second-order valence-electron chi connectivity index (χ2n) is 5.65. The summed E-state index contributed by atoms with van der Waals surface area (Å²) in [6.45, 7) is 5.46. The monoisotopic (exact) mass is 331 g/mol. The molecule has 1 aliphatic heterocycles. The van der Waals surface area contributed by atoms with E-state index in [2.05, 4.69) is 5.32 Å². The number of nitro groups is 1. The molecule has 0 spiro atoms. The van der Waals surface area contributed by atoms with Crippen LogP contribution in [-0.2, 0) is 9.53 Å². The van der Waals surface area contributed by atoms with E-state index in [1.54, 1.807) is 26.0 Å². The van der Waals surface area contributed by atoms with Crippen molar-refractivity contribution in [2.45, 2.75) is 26.7 Å². The second-order valence-corrected chi connectivity index (χ2v) is 5.65. The molecule has 0 bridgehead atoms. The summed E-state index contributed by atoms with van der Waals surface area (Å²) in [6.07, 6.45) is 0. The predicted octanol–water partition coefficient (Wildman–Crippen LogP) is 1.97. The maximum atomic E-state index is 12.5. The third-order valence-corrected chi connectivity index (χ3v) is 3.99. The molecule has 7 heteroatoms. The van der Waals surface area contributed by atoms with Gasteiger partial charge in [0.05, 0.1) is 16.2 Å². The SMILES string of the molecule is CC1=C(C(=O)OCCN)C(c2ccccc2C)C([N+](=O)[O-])=C(C)N1. The molecule has 24 heavy (non-hydrogen) atoms. The minimum absolute atomic E-state index is 0.0467. The lowest BCUT2D eigenvalue weighted by molar-refractivity contribution is -0.431. The average molecular weight is 331 g/mol. The first kappa shape index (κ1) is 17.7. The Hall–Kier alpha value is -2.67. The van der Waals surface area contributed by atoms with Gasteiger partial charge in [0.15, 0.2) is 0 Å². The van der Waals surface area contributed by atoms with Crippen LogP contribution in [0.25, 0.3) is 0 Å². The van der Waals surface area contributed by atoms with Gasteiger partial charge in [-0.15, -0.1) is 0 Å². The Balaban J connectivity index is 2.62. The summed E-state index contributed by atoms with van der Waals surface area (Å²) in [5, 5.41) is 14.6. The van der Waals surface area contributed by atoms with E-state index in [1.165, 1.54) is 0 Å². The van der Waals surface area contributed by atoms with Crippen molar-refractivity contribution in [2.75, 3.05) is 13.2 Å². The number of carbonyl (C=O) groups excluding carboxylic acids is 1. The fourth-order valence-corrected chi connectivity index (χ4v) is 2.94. The van der Waals surface area contributed by atoms with Crippen molar-refractivity contribution in [2.24, 2.45) is 5.73 Å². The van der Waals surface area contributed by atoms with Gasteiger partial charge in [-0.2, -0.15) is 0 Å². The van der Waals surface area contributed by atoms with Gasteiger partial charge in [0, 0.05) is 12.2 Å². The highest BCUT2D eigenvalue weighted by Gasteiger charge is 2.41. The standard InChI is InChI=1S/C17H21N3O4/c1-10-6-4-5-7-13(10)15-14(17(21)24-9-8-18)11(2)19-12(3)16(15)20(22)23/h4-7,15,19H,8-9,18H2,1-3H3. The normalized spacial score (nSPS) is 17.6. The summed E-state index contributed by atoms with van der Waals surface area (Å²) in [6, 6.07) is 7.31. The van der Waals surface area contributed by atoms with E-state index in [4.69, 9.17) is 10.5 Å². The Morgan fingerprint density at radius 2 is 1.96 bits per heavy atom. The number of aryl methyl sites for hydroxylation is 1. The zero-order chi connectivity index (χ0) is 17.9. The van der Waals surface area contributed by atoms with Crippen molar-refractivity contribution < 1.29 is 14.5 Å². The van der Waals surface area contributed by atoms with Crippen molar-refractivity contribution in [3.63, 3.8) is 0 Å². The topological polar surface area (TPSA) is 107 Å². The molecule has 1 unspecified atom stereocenters. The highest BCUT2D eigenvalue weighted by Crippen LogP contribution is 2.39. The summed E-state index contributed by atoms with van der Waals surface area (Å²) < 4.78 is 5.15. The van der Waals surface area contributed by atoms with E-state index in [0.29, 0.717) is 17.0 Å². The first-order valence-corrected chi connectivity index (χ1v) is 7.64. The summed E-state index contributed by atoms with van der Waals surface area (Å²) >= 11 is 0. The van der Waals surface area contributed by atoms with E-state index in [9.17, 15) is 14.9 Å². The molecule has 1 atom stereocenters. The average Bonchev–Trinajstić information content (AvgIpc) is 2.52. The Morgan fingerprint density at radius 3 is 2.54 bits per heavy atom. The summed E-state index contributed by atoms with van der Waals surface area (Å²) in [7, 11) is 0. The molecule has 1 aromatic carbocycles. The quantitative estimate of drug-likeness (QED) is 0.485. The van der Waals surface area contributed by atoms with Crippen LogP contribution in [0.2, 0.25) is 0 Å². The fraction of sp³-hybridized carbons (Fsp3) is 0.353. The fourth-order valence-electron chi connectivity index (χ4n) is 2.94. The van der Waals surface area contributed by atoms with E-state index >= 15 is 0 Å². The van der Waals surface area contributed by atoms with Gasteiger partial charge >= 0.3 is 5.97 Å². The van der Waals surface area contributed by atoms with Gasteiger partial charge in [-0.1, -0.05) is 24.3 Å². The van der Waals surface area contributed by atoms with Gasteiger partial charge in [-0.05, 0) is 31.9 Å².